The highest BCUT2D eigenvalue weighted by Crippen LogP contribution is 2.26. The van der Waals surface area contributed by atoms with E-state index in [1.807, 2.05) is 12.1 Å². The fraction of sp³-hybridized carbons (Fsp3) is 0.267. The van der Waals surface area contributed by atoms with Crippen LogP contribution in [0.4, 0.5) is 0 Å². The Balaban J connectivity index is 2.12. The molecule has 0 spiro atoms. The Morgan fingerprint density at radius 3 is 2.30 bits per heavy atom. The topological polar surface area (TPSA) is 77.7 Å². The summed E-state index contributed by atoms with van der Waals surface area (Å²) in [5.74, 6) is 0. The number of nitrogens with zero attached hydrogens (tertiary/aromatic N) is 4. The van der Waals surface area contributed by atoms with Crippen LogP contribution in [-0.4, -0.2) is 27.3 Å². The molecular weight excluding hydrogens is 336 g/mol. The average molecular weight is 351 g/mol. The second-order valence-electron chi connectivity index (χ2n) is 6.16. The molecule has 120 valence electrons. The van der Waals surface area contributed by atoms with Gasteiger partial charge in [0.25, 0.3) is 10.0 Å². The maximum atomic E-state index is 12.8. The highest BCUT2D eigenvalue weighted by molar-refractivity contribution is 7.90. The van der Waals surface area contributed by atoms with Crippen molar-refractivity contribution in [1.29, 1.82) is 0 Å². The molecule has 0 bridgehead atoms. The molecule has 1 aromatic carbocycles. The zero-order valence-electron chi connectivity index (χ0n) is 12.9. The lowest BCUT2D eigenvalue weighted by Gasteiger charge is -2.19. The van der Waals surface area contributed by atoms with E-state index in [9.17, 15) is 8.42 Å². The molecular formula is C15H15ClN4O2S. The van der Waals surface area contributed by atoms with Crippen molar-refractivity contribution in [3.8, 4) is 0 Å². The first-order chi connectivity index (χ1) is 10.7. The van der Waals surface area contributed by atoms with E-state index in [4.69, 9.17) is 11.6 Å². The fourth-order valence-corrected chi connectivity index (χ4v) is 3.62. The van der Waals surface area contributed by atoms with Crippen molar-refractivity contribution in [3.63, 3.8) is 0 Å². The third-order valence-electron chi connectivity index (χ3n) is 3.54. The smallest absolute Gasteiger partial charge is 0.231 e. The van der Waals surface area contributed by atoms with Crippen molar-refractivity contribution < 1.29 is 8.42 Å². The van der Waals surface area contributed by atoms with Crippen molar-refractivity contribution >= 4 is 32.8 Å². The molecule has 0 saturated carbocycles. The van der Waals surface area contributed by atoms with Gasteiger partial charge in [-0.15, -0.1) is 0 Å². The lowest BCUT2D eigenvalue weighted by atomic mass is 9.87. The van der Waals surface area contributed by atoms with Gasteiger partial charge in [-0.25, -0.2) is 27.3 Å². The molecule has 0 aliphatic rings. The maximum absolute atomic E-state index is 12.8. The Bertz CT molecular complexity index is 973. The summed E-state index contributed by atoms with van der Waals surface area (Å²) in [6.45, 7) is 6.20. The Labute approximate surface area is 139 Å². The van der Waals surface area contributed by atoms with Crippen molar-refractivity contribution in [2.45, 2.75) is 31.1 Å². The Morgan fingerprint density at radius 1 is 1.04 bits per heavy atom. The van der Waals surface area contributed by atoms with Crippen LogP contribution in [0.2, 0.25) is 5.15 Å². The second kappa shape index (κ2) is 5.28. The van der Waals surface area contributed by atoms with E-state index >= 15 is 0 Å². The van der Waals surface area contributed by atoms with Gasteiger partial charge in [0, 0.05) is 0 Å². The Morgan fingerprint density at radius 2 is 1.70 bits per heavy atom. The molecule has 23 heavy (non-hydrogen) atoms. The first-order valence-corrected chi connectivity index (χ1v) is 8.73. The second-order valence-corrected chi connectivity index (χ2v) is 8.33. The molecule has 2 aromatic heterocycles. The van der Waals surface area contributed by atoms with Crippen molar-refractivity contribution in [3.05, 3.63) is 47.6 Å². The number of aromatic nitrogens is 4. The van der Waals surface area contributed by atoms with Crippen LogP contribution >= 0.6 is 11.6 Å². The molecule has 0 amide bonds. The lowest BCUT2D eigenvalue weighted by Crippen LogP contribution is -2.14. The van der Waals surface area contributed by atoms with Crippen LogP contribution in [0.5, 0.6) is 0 Å². The van der Waals surface area contributed by atoms with Gasteiger partial charge in [0.1, 0.15) is 18.2 Å². The minimum Gasteiger partial charge on any atom is -0.231 e. The number of fused-ring (bicyclic) bond motifs is 1. The highest BCUT2D eigenvalue weighted by atomic mass is 35.5. The van der Waals surface area contributed by atoms with Crippen LogP contribution in [0, 0.1) is 0 Å². The van der Waals surface area contributed by atoms with E-state index in [1.54, 1.807) is 12.1 Å². The van der Waals surface area contributed by atoms with Crippen molar-refractivity contribution in [2.24, 2.45) is 0 Å². The third-order valence-corrected chi connectivity index (χ3v) is 5.47. The van der Waals surface area contributed by atoms with Crippen LogP contribution in [-0.2, 0) is 15.4 Å². The van der Waals surface area contributed by atoms with E-state index in [0.29, 0.717) is 0 Å². The number of hydrogen-bond acceptors (Lipinski definition) is 5. The third kappa shape index (κ3) is 2.70. The summed E-state index contributed by atoms with van der Waals surface area (Å²) >= 11 is 5.92. The van der Waals surface area contributed by atoms with Gasteiger partial charge in [0.15, 0.2) is 10.8 Å². The number of benzene rings is 1. The quantitative estimate of drug-likeness (QED) is 0.664. The number of rotatable bonds is 2. The van der Waals surface area contributed by atoms with Gasteiger partial charge in [-0.2, -0.15) is 0 Å². The summed E-state index contributed by atoms with van der Waals surface area (Å²) < 4.78 is 26.6. The predicted molar refractivity (Wildman–Crippen MR) is 88.1 cm³/mol. The van der Waals surface area contributed by atoms with Gasteiger partial charge >= 0.3 is 0 Å². The summed E-state index contributed by atoms with van der Waals surface area (Å²) in [5.41, 5.74) is 1.41. The molecule has 0 aliphatic carbocycles. The van der Waals surface area contributed by atoms with Gasteiger partial charge in [0.05, 0.1) is 4.90 Å². The highest BCUT2D eigenvalue weighted by Gasteiger charge is 2.22. The minimum absolute atomic E-state index is 0.0508. The van der Waals surface area contributed by atoms with Crippen molar-refractivity contribution in [2.75, 3.05) is 0 Å². The summed E-state index contributed by atoms with van der Waals surface area (Å²) in [6.07, 6.45) is 2.40. The number of imidazole rings is 1. The Hall–Kier alpha value is -1.99. The van der Waals surface area contributed by atoms with Gasteiger partial charge in [0.2, 0.25) is 0 Å². The van der Waals surface area contributed by atoms with E-state index < -0.39 is 10.0 Å². The normalized spacial score (nSPS) is 12.7. The number of halogens is 1. The fourth-order valence-electron chi connectivity index (χ4n) is 2.20. The zero-order valence-corrected chi connectivity index (χ0v) is 14.4. The molecule has 3 aromatic rings. The number of hydrogen-bond donors (Lipinski definition) is 0. The van der Waals surface area contributed by atoms with E-state index in [-0.39, 0.29) is 26.6 Å². The molecule has 3 rings (SSSR count). The van der Waals surface area contributed by atoms with Crippen LogP contribution in [0.1, 0.15) is 26.3 Å². The summed E-state index contributed by atoms with van der Waals surface area (Å²) in [4.78, 5) is 11.9. The van der Waals surface area contributed by atoms with E-state index in [0.717, 1.165) is 9.54 Å². The van der Waals surface area contributed by atoms with Crippen LogP contribution in [0.3, 0.4) is 0 Å². The summed E-state index contributed by atoms with van der Waals surface area (Å²) in [7, 11) is -3.80. The standard InChI is InChI=1S/C15H15ClN4O2S/c1-15(2,3)10-4-6-11(7-5-10)23(21,22)20-9-19-12-13(16)17-8-18-14(12)20/h4-9H,1-3H3. The van der Waals surface area contributed by atoms with Crippen LogP contribution in [0.25, 0.3) is 11.2 Å². The SMILES string of the molecule is CC(C)(C)c1ccc(S(=O)(=O)n2cnc3c(Cl)ncnc32)cc1. The van der Waals surface area contributed by atoms with E-state index in [1.165, 1.54) is 12.7 Å². The first-order valence-electron chi connectivity index (χ1n) is 6.91. The first kappa shape index (κ1) is 15.9. The Kier molecular flexibility index (Phi) is 3.65. The summed E-state index contributed by atoms with van der Waals surface area (Å²) in [5, 5.41) is 0.118. The zero-order chi connectivity index (χ0) is 16.8. The van der Waals surface area contributed by atoms with Gasteiger partial charge in [-0.3, -0.25) is 0 Å². The maximum Gasteiger partial charge on any atom is 0.270 e. The predicted octanol–water partition coefficient (Wildman–Crippen LogP) is 3.01. The molecule has 6 nitrogen and oxygen atoms in total. The van der Waals surface area contributed by atoms with Gasteiger partial charge in [-0.1, -0.05) is 44.5 Å². The lowest BCUT2D eigenvalue weighted by molar-refractivity contribution is 0.583. The molecule has 0 atom stereocenters. The molecule has 0 aliphatic heterocycles. The molecule has 0 radical (unpaired) electrons. The molecule has 0 fully saturated rings. The van der Waals surface area contributed by atoms with Crippen LogP contribution in [0.15, 0.2) is 41.8 Å². The monoisotopic (exact) mass is 350 g/mol. The minimum atomic E-state index is -3.80. The molecule has 0 unspecified atom stereocenters. The molecule has 0 N–H and O–H groups in total. The molecule has 8 heteroatoms. The summed E-state index contributed by atoms with van der Waals surface area (Å²) in [6, 6.07) is 6.80. The average Bonchev–Trinajstić information content (AvgIpc) is 2.92. The van der Waals surface area contributed by atoms with Crippen LogP contribution < -0.4 is 0 Å². The molecule has 2 heterocycles. The van der Waals surface area contributed by atoms with Gasteiger partial charge < -0.3 is 0 Å². The van der Waals surface area contributed by atoms with Crippen molar-refractivity contribution in [1.82, 2.24) is 18.9 Å². The van der Waals surface area contributed by atoms with Gasteiger partial charge in [-0.05, 0) is 23.1 Å². The van der Waals surface area contributed by atoms with E-state index in [2.05, 4.69) is 35.7 Å². The largest absolute Gasteiger partial charge is 0.270 e. The molecule has 0 saturated heterocycles.